The zero-order valence-corrected chi connectivity index (χ0v) is 15.0. The van der Waals surface area contributed by atoms with Gasteiger partial charge in [0.25, 0.3) is 0 Å². The molecule has 0 saturated heterocycles. The van der Waals surface area contributed by atoms with Crippen LogP contribution >= 0.6 is 23.5 Å². The van der Waals surface area contributed by atoms with Crippen LogP contribution in [-0.4, -0.2) is 39.4 Å². The van der Waals surface area contributed by atoms with Crippen LogP contribution < -0.4 is 0 Å². The second-order valence-corrected chi connectivity index (χ2v) is 8.29. The van der Waals surface area contributed by atoms with Crippen LogP contribution in [0, 0.1) is 0 Å². The van der Waals surface area contributed by atoms with Crippen LogP contribution in [0.5, 0.6) is 11.5 Å². The number of carbonyl (C=O) groups is 1. The first kappa shape index (κ1) is 17.2. The molecule has 7 heteroatoms. The van der Waals surface area contributed by atoms with Crippen molar-refractivity contribution in [2.75, 3.05) is 13.2 Å². The second kappa shape index (κ2) is 6.51. The van der Waals surface area contributed by atoms with Crippen molar-refractivity contribution in [3.8, 4) is 11.5 Å². The summed E-state index contributed by atoms with van der Waals surface area (Å²) in [5.41, 5.74) is 2.81. The molecular weight excluding hydrogens is 372 g/mol. The Balaban J connectivity index is 1.99. The van der Waals surface area contributed by atoms with E-state index in [1.165, 1.54) is 41.7 Å². The number of ketones is 1. The molecule has 1 aliphatic heterocycles. The third-order valence-corrected chi connectivity index (χ3v) is 6.92. The molecule has 5 nitrogen and oxygen atoms in total. The number of phenolic OH excluding ortho intramolecular Hbond substituents is 2. The number of benzene rings is 2. The number of aliphatic hydroxyl groups excluding tert-OH is 2. The Hall–Kier alpha value is -2.19. The van der Waals surface area contributed by atoms with E-state index < -0.39 is 0 Å². The van der Waals surface area contributed by atoms with Gasteiger partial charge in [0.2, 0.25) is 0 Å². The first-order valence-electron chi connectivity index (χ1n) is 7.78. The van der Waals surface area contributed by atoms with E-state index >= 15 is 0 Å². The maximum Gasteiger partial charge on any atom is 0.194 e. The van der Waals surface area contributed by atoms with E-state index in [9.17, 15) is 25.2 Å². The summed E-state index contributed by atoms with van der Waals surface area (Å²) < 4.78 is 0.810. The minimum absolute atomic E-state index is 0.000579. The molecule has 2 aromatic carbocycles. The van der Waals surface area contributed by atoms with E-state index in [1.54, 1.807) is 18.2 Å². The van der Waals surface area contributed by atoms with Crippen molar-refractivity contribution in [1.82, 2.24) is 0 Å². The highest BCUT2D eigenvalue weighted by atomic mass is 32.2. The minimum Gasteiger partial charge on any atom is -0.508 e. The molecular formula is C19H14O5S2. The lowest BCUT2D eigenvalue weighted by Crippen LogP contribution is -2.14. The monoisotopic (exact) mass is 386 g/mol. The normalized spacial score (nSPS) is 16.2. The zero-order valence-electron chi connectivity index (χ0n) is 13.4. The number of aliphatic hydroxyl groups is 2. The van der Waals surface area contributed by atoms with E-state index in [0.717, 1.165) is 9.81 Å². The summed E-state index contributed by atoms with van der Waals surface area (Å²) in [6, 6.07) is 9.19. The van der Waals surface area contributed by atoms with Gasteiger partial charge in [0, 0.05) is 26.5 Å². The van der Waals surface area contributed by atoms with Gasteiger partial charge in [0.1, 0.15) is 11.5 Å². The molecule has 0 spiro atoms. The van der Waals surface area contributed by atoms with Gasteiger partial charge in [-0.3, -0.25) is 4.79 Å². The third kappa shape index (κ3) is 2.64. The number of phenols is 2. The summed E-state index contributed by atoms with van der Waals surface area (Å²) in [6.45, 7) is -0.364. The fourth-order valence-electron chi connectivity index (χ4n) is 3.09. The standard InChI is InChI=1S/C19H14O5S2/c20-7-15-16(8-21)26-19(25-15)17-11-3-1-10(23)6-14(11)18(24)12-4-2-9(22)5-13(12)17/h1-6,20-23H,7-8H2. The van der Waals surface area contributed by atoms with Crippen molar-refractivity contribution in [3.63, 3.8) is 0 Å². The van der Waals surface area contributed by atoms with Gasteiger partial charge in [0.05, 0.1) is 17.5 Å². The smallest absolute Gasteiger partial charge is 0.194 e. The van der Waals surface area contributed by atoms with Crippen molar-refractivity contribution >= 4 is 34.9 Å². The van der Waals surface area contributed by atoms with Crippen molar-refractivity contribution < 1.29 is 25.2 Å². The summed E-state index contributed by atoms with van der Waals surface area (Å²) in [6.07, 6.45) is 0. The highest BCUT2D eigenvalue weighted by Crippen LogP contribution is 2.55. The van der Waals surface area contributed by atoms with Gasteiger partial charge in [0.15, 0.2) is 5.78 Å². The Labute approximate surface area is 157 Å². The van der Waals surface area contributed by atoms with Gasteiger partial charge < -0.3 is 20.4 Å². The Bertz CT molecular complexity index is 989. The Kier molecular flexibility index (Phi) is 4.32. The molecule has 2 aliphatic rings. The molecule has 0 amide bonds. The molecule has 26 heavy (non-hydrogen) atoms. The van der Waals surface area contributed by atoms with Crippen molar-refractivity contribution in [2.24, 2.45) is 0 Å². The van der Waals surface area contributed by atoms with E-state index in [4.69, 9.17) is 0 Å². The van der Waals surface area contributed by atoms with Gasteiger partial charge >= 0.3 is 0 Å². The highest BCUT2D eigenvalue weighted by Gasteiger charge is 2.32. The Morgan fingerprint density at radius 1 is 0.731 bits per heavy atom. The fraction of sp³-hybridized carbons (Fsp3) is 0.105. The molecule has 132 valence electrons. The minimum atomic E-state index is -0.221. The Morgan fingerprint density at radius 2 is 1.27 bits per heavy atom. The number of carbonyl (C=O) groups excluding carboxylic acids is 1. The van der Waals surface area contributed by atoms with Gasteiger partial charge in [-0.15, -0.1) is 0 Å². The number of rotatable bonds is 2. The average Bonchev–Trinajstić information content (AvgIpc) is 3.05. The molecule has 1 heterocycles. The second-order valence-electron chi connectivity index (χ2n) is 5.82. The topological polar surface area (TPSA) is 98.0 Å². The van der Waals surface area contributed by atoms with Crippen LogP contribution in [0.15, 0.2) is 50.4 Å². The molecule has 0 aromatic heterocycles. The first-order chi connectivity index (χ1) is 12.5. The summed E-state index contributed by atoms with van der Waals surface area (Å²) in [5, 5.41) is 38.9. The quantitative estimate of drug-likeness (QED) is 0.537. The molecule has 4 N–H and O–H groups in total. The van der Waals surface area contributed by atoms with Crippen molar-refractivity contribution in [1.29, 1.82) is 0 Å². The lowest BCUT2D eigenvalue weighted by molar-refractivity contribution is 0.103. The van der Waals surface area contributed by atoms with Crippen molar-refractivity contribution in [3.05, 3.63) is 72.7 Å². The van der Waals surface area contributed by atoms with Crippen LogP contribution in [0.25, 0.3) is 5.57 Å². The van der Waals surface area contributed by atoms with Gasteiger partial charge in [-0.25, -0.2) is 0 Å². The zero-order chi connectivity index (χ0) is 18.4. The van der Waals surface area contributed by atoms with Crippen LogP contribution in [0.3, 0.4) is 0 Å². The summed E-state index contributed by atoms with van der Waals surface area (Å²) in [4.78, 5) is 14.2. The lowest BCUT2D eigenvalue weighted by Gasteiger charge is -2.23. The van der Waals surface area contributed by atoms with Crippen LogP contribution in [0.2, 0.25) is 0 Å². The van der Waals surface area contributed by atoms with E-state index in [0.29, 0.717) is 32.1 Å². The van der Waals surface area contributed by atoms with Crippen LogP contribution in [0.4, 0.5) is 0 Å². The molecule has 4 rings (SSSR count). The Morgan fingerprint density at radius 3 is 1.85 bits per heavy atom. The molecule has 0 saturated carbocycles. The largest absolute Gasteiger partial charge is 0.508 e. The van der Waals surface area contributed by atoms with Gasteiger partial charge in [-0.1, -0.05) is 23.5 Å². The van der Waals surface area contributed by atoms with Gasteiger partial charge in [-0.2, -0.15) is 0 Å². The first-order valence-corrected chi connectivity index (χ1v) is 9.42. The fourth-order valence-corrected chi connectivity index (χ4v) is 5.68. The highest BCUT2D eigenvalue weighted by molar-refractivity contribution is 8.28. The lowest BCUT2D eigenvalue weighted by atomic mass is 9.82. The number of aromatic hydroxyl groups is 2. The third-order valence-electron chi connectivity index (χ3n) is 4.27. The number of hydrogen-bond donors (Lipinski definition) is 4. The van der Waals surface area contributed by atoms with Gasteiger partial charge in [-0.05, 0) is 47.5 Å². The summed E-state index contributed by atoms with van der Waals surface area (Å²) in [5.74, 6) is -0.177. The maximum absolute atomic E-state index is 12.9. The summed E-state index contributed by atoms with van der Waals surface area (Å²) in [7, 11) is 0. The molecule has 1 aliphatic carbocycles. The molecule has 2 aromatic rings. The van der Waals surface area contributed by atoms with Crippen LogP contribution in [0.1, 0.15) is 27.0 Å². The molecule has 0 atom stereocenters. The maximum atomic E-state index is 12.9. The molecule has 0 fully saturated rings. The SMILES string of the molecule is O=C1c2cc(O)ccc2C(=C2SC(CO)=C(CO)S2)c2cc(O)ccc21. The molecule has 0 unspecified atom stereocenters. The predicted octanol–water partition coefficient (Wildman–Crippen LogP) is 3.04. The van der Waals surface area contributed by atoms with Crippen molar-refractivity contribution in [2.45, 2.75) is 0 Å². The van der Waals surface area contributed by atoms with Crippen LogP contribution in [-0.2, 0) is 0 Å². The van der Waals surface area contributed by atoms with E-state index in [2.05, 4.69) is 0 Å². The van der Waals surface area contributed by atoms with E-state index in [1.807, 2.05) is 0 Å². The number of hydrogen-bond acceptors (Lipinski definition) is 7. The number of fused-ring (bicyclic) bond motifs is 2. The predicted molar refractivity (Wildman–Crippen MR) is 102 cm³/mol. The number of thioether (sulfide) groups is 2. The molecule has 0 bridgehead atoms. The molecule has 0 radical (unpaired) electrons. The average molecular weight is 386 g/mol. The summed E-state index contributed by atoms with van der Waals surface area (Å²) >= 11 is 2.69. The van der Waals surface area contributed by atoms with E-state index in [-0.39, 0.29) is 30.5 Å².